The van der Waals surface area contributed by atoms with Crippen LogP contribution in [0, 0.1) is 0 Å². The highest BCUT2D eigenvalue weighted by Gasteiger charge is 2.16. The predicted octanol–water partition coefficient (Wildman–Crippen LogP) is 7.46. The molecule has 5 aromatic rings. The first kappa shape index (κ1) is 15.7. The summed E-state index contributed by atoms with van der Waals surface area (Å²) >= 11 is 0. The normalized spacial score (nSPS) is 11.0. The SMILES string of the molecule is c1ccc(N(c2ccccc2)c2cc3ccccc3c3ccccc23)cc1. The smallest absolute Gasteiger partial charge is 0.0546 e. The van der Waals surface area contributed by atoms with Gasteiger partial charge < -0.3 is 4.90 Å². The Bertz CT molecular complexity index is 1170. The van der Waals surface area contributed by atoms with E-state index in [1.54, 1.807) is 0 Å². The summed E-state index contributed by atoms with van der Waals surface area (Å²) in [6.45, 7) is 0. The van der Waals surface area contributed by atoms with Gasteiger partial charge in [-0.15, -0.1) is 0 Å². The van der Waals surface area contributed by atoms with Gasteiger partial charge in [-0.1, -0.05) is 84.9 Å². The van der Waals surface area contributed by atoms with Crippen molar-refractivity contribution in [1.82, 2.24) is 0 Å². The van der Waals surface area contributed by atoms with E-state index in [2.05, 4.69) is 120 Å². The Kier molecular flexibility index (Phi) is 3.84. The lowest BCUT2D eigenvalue weighted by atomic mass is 9.99. The van der Waals surface area contributed by atoms with Gasteiger partial charge in [0, 0.05) is 16.8 Å². The van der Waals surface area contributed by atoms with E-state index in [0.29, 0.717) is 0 Å². The quantitative estimate of drug-likeness (QED) is 0.307. The molecule has 0 radical (unpaired) electrons. The third-order valence-electron chi connectivity index (χ3n) is 5.02. The van der Waals surface area contributed by atoms with Gasteiger partial charge in [0.25, 0.3) is 0 Å². The largest absolute Gasteiger partial charge is 0.310 e. The second kappa shape index (κ2) is 6.62. The fourth-order valence-electron chi connectivity index (χ4n) is 3.80. The summed E-state index contributed by atoms with van der Waals surface area (Å²) in [5.74, 6) is 0. The summed E-state index contributed by atoms with van der Waals surface area (Å²) in [6, 6.07) is 40.7. The molecule has 1 nitrogen and oxygen atoms in total. The first-order valence-corrected chi connectivity index (χ1v) is 9.22. The van der Waals surface area contributed by atoms with Gasteiger partial charge in [0.1, 0.15) is 0 Å². The van der Waals surface area contributed by atoms with Crippen molar-refractivity contribution in [2.45, 2.75) is 0 Å². The van der Waals surface area contributed by atoms with E-state index in [1.807, 2.05) is 0 Å². The van der Waals surface area contributed by atoms with E-state index in [-0.39, 0.29) is 0 Å². The summed E-state index contributed by atoms with van der Waals surface area (Å²) < 4.78 is 0. The molecule has 27 heavy (non-hydrogen) atoms. The average molecular weight is 345 g/mol. The van der Waals surface area contributed by atoms with Gasteiger partial charge in [0.05, 0.1) is 5.69 Å². The second-order valence-corrected chi connectivity index (χ2v) is 6.67. The van der Waals surface area contributed by atoms with Crippen molar-refractivity contribution >= 4 is 38.6 Å². The molecule has 1 heteroatoms. The highest BCUT2D eigenvalue weighted by Crippen LogP contribution is 2.41. The first-order valence-electron chi connectivity index (χ1n) is 9.22. The number of anilines is 3. The molecule has 0 aromatic heterocycles. The van der Waals surface area contributed by atoms with Gasteiger partial charge in [-0.2, -0.15) is 0 Å². The predicted molar refractivity (Wildman–Crippen MR) is 116 cm³/mol. The molecule has 0 aliphatic heterocycles. The Labute approximate surface area is 159 Å². The number of fused-ring (bicyclic) bond motifs is 3. The number of benzene rings is 5. The molecule has 0 bridgehead atoms. The van der Waals surface area contributed by atoms with Gasteiger partial charge in [0.2, 0.25) is 0 Å². The third-order valence-corrected chi connectivity index (χ3v) is 5.02. The fraction of sp³-hybridized carbons (Fsp3) is 0. The minimum absolute atomic E-state index is 1.16. The summed E-state index contributed by atoms with van der Waals surface area (Å²) in [5, 5.41) is 5.08. The Morgan fingerprint density at radius 1 is 0.407 bits per heavy atom. The van der Waals surface area contributed by atoms with Crippen molar-refractivity contribution in [3.63, 3.8) is 0 Å². The molecule has 5 aromatic carbocycles. The zero-order chi connectivity index (χ0) is 18.1. The van der Waals surface area contributed by atoms with Gasteiger partial charge in [-0.25, -0.2) is 0 Å². The molecular formula is C26H19N. The van der Waals surface area contributed by atoms with E-state index >= 15 is 0 Å². The van der Waals surface area contributed by atoms with E-state index in [4.69, 9.17) is 0 Å². The Morgan fingerprint density at radius 3 is 1.52 bits per heavy atom. The maximum Gasteiger partial charge on any atom is 0.0546 e. The van der Waals surface area contributed by atoms with E-state index in [9.17, 15) is 0 Å². The minimum atomic E-state index is 1.16. The van der Waals surface area contributed by atoms with Crippen molar-refractivity contribution in [2.24, 2.45) is 0 Å². The molecular weight excluding hydrogens is 326 g/mol. The topological polar surface area (TPSA) is 3.24 Å². The van der Waals surface area contributed by atoms with Crippen LogP contribution in [0.3, 0.4) is 0 Å². The number of rotatable bonds is 3. The lowest BCUT2D eigenvalue weighted by Gasteiger charge is -2.27. The number of para-hydroxylation sites is 2. The summed E-state index contributed by atoms with van der Waals surface area (Å²) in [7, 11) is 0. The van der Waals surface area contributed by atoms with Crippen molar-refractivity contribution in [3.05, 3.63) is 115 Å². The fourth-order valence-corrected chi connectivity index (χ4v) is 3.80. The van der Waals surface area contributed by atoms with E-state index < -0.39 is 0 Å². The van der Waals surface area contributed by atoms with Crippen LogP contribution >= 0.6 is 0 Å². The van der Waals surface area contributed by atoms with Gasteiger partial charge in [-0.05, 0) is 46.5 Å². The van der Waals surface area contributed by atoms with Crippen LogP contribution in [0.5, 0.6) is 0 Å². The van der Waals surface area contributed by atoms with Crippen LogP contribution in [0.25, 0.3) is 21.5 Å². The number of nitrogens with zero attached hydrogens (tertiary/aromatic N) is 1. The van der Waals surface area contributed by atoms with Gasteiger partial charge in [-0.3, -0.25) is 0 Å². The molecule has 0 aliphatic carbocycles. The molecule has 5 rings (SSSR count). The number of hydrogen-bond donors (Lipinski definition) is 0. The average Bonchev–Trinajstić information content (AvgIpc) is 2.76. The highest BCUT2D eigenvalue weighted by atomic mass is 15.1. The lowest BCUT2D eigenvalue weighted by molar-refractivity contribution is 1.30. The standard InChI is InChI=1S/C26H19N/c1-3-12-21(13-4-1)27(22-14-5-2-6-15-22)26-19-20-11-7-8-16-23(20)24-17-9-10-18-25(24)26/h1-19H. The van der Waals surface area contributed by atoms with Crippen LogP contribution in [0.4, 0.5) is 17.1 Å². The van der Waals surface area contributed by atoms with Crippen molar-refractivity contribution in [3.8, 4) is 0 Å². The van der Waals surface area contributed by atoms with Gasteiger partial charge >= 0.3 is 0 Å². The van der Waals surface area contributed by atoms with Crippen molar-refractivity contribution < 1.29 is 0 Å². The van der Waals surface area contributed by atoms with Crippen LogP contribution < -0.4 is 4.90 Å². The van der Waals surface area contributed by atoms with Crippen LogP contribution in [0.15, 0.2) is 115 Å². The zero-order valence-corrected chi connectivity index (χ0v) is 14.9. The summed E-state index contributed by atoms with van der Waals surface area (Å²) in [5.41, 5.74) is 3.51. The molecule has 0 spiro atoms. The van der Waals surface area contributed by atoms with E-state index in [1.165, 1.54) is 27.2 Å². The Hall–Kier alpha value is -3.58. The van der Waals surface area contributed by atoms with Crippen LogP contribution in [0.2, 0.25) is 0 Å². The molecule has 0 amide bonds. The minimum Gasteiger partial charge on any atom is -0.310 e. The molecule has 0 atom stereocenters. The van der Waals surface area contributed by atoms with Crippen molar-refractivity contribution in [1.29, 1.82) is 0 Å². The molecule has 0 aliphatic rings. The lowest BCUT2D eigenvalue weighted by Crippen LogP contribution is -2.10. The second-order valence-electron chi connectivity index (χ2n) is 6.67. The van der Waals surface area contributed by atoms with Crippen LogP contribution in [-0.4, -0.2) is 0 Å². The Morgan fingerprint density at radius 2 is 0.889 bits per heavy atom. The molecule has 0 heterocycles. The molecule has 0 saturated carbocycles. The van der Waals surface area contributed by atoms with Crippen LogP contribution in [0.1, 0.15) is 0 Å². The first-order chi connectivity index (χ1) is 13.4. The number of hydrogen-bond acceptors (Lipinski definition) is 1. The zero-order valence-electron chi connectivity index (χ0n) is 14.9. The van der Waals surface area contributed by atoms with Crippen LogP contribution in [-0.2, 0) is 0 Å². The Balaban J connectivity index is 1.87. The summed E-state index contributed by atoms with van der Waals surface area (Å²) in [4.78, 5) is 2.34. The monoisotopic (exact) mass is 345 g/mol. The van der Waals surface area contributed by atoms with Crippen molar-refractivity contribution in [2.75, 3.05) is 4.90 Å². The van der Waals surface area contributed by atoms with E-state index in [0.717, 1.165) is 11.4 Å². The van der Waals surface area contributed by atoms with Gasteiger partial charge in [0.15, 0.2) is 0 Å². The molecule has 128 valence electrons. The molecule has 0 N–H and O–H groups in total. The molecule has 0 fully saturated rings. The maximum absolute atomic E-state index is 2.34. The third kappa shape index (κ3) is 2.74. The summed E-state index contributed by atoms with van der Waals surface area (Å²) in [6.07, 6.45) is 0. The maximum atomic E-state index is 2.34. The highest BCUT2D eigenvalue weighted by molar-refractivity contribution is 6.14. The molecule has 0 unspecified atom stereocenters. The molecule has 0 saturated heterocycles.